The molecule has 110 valence electrons. The van der Waals surface area contributed by atoms with Gasteiger partial charge in [-0.3, -0.25) is 4.79 Å². The van der Waals surface area contributed by atoms with Gasteiger partial charge in [-0.15, -0.1) is 0 Å². The molecule has 0 aliphatic rings. The summed E-state index contributed by atoms with van der Waals surface area (Å²) in [6.45, 7) is 8.60. The van der Waals surface area contributed by atoms with Crippen molar-refractivity contribution in [2.75, 3.05) is 13.1 Å². The maximum Gasteiger partial charge on any atom is 0.303 e. The van der Waals surface area contributed by atoms with Crippen molar-refractivity contribution in [2.45, 2.75) is 78.6 Å². The van der Waals surface area contributed by atoms with Gasteiger partial charge in [-0.05, 0) is 19.5 Å². The second-order valence-corrected chi connectivity index (χ2v) is 4.58. The van der Waals surface area contributed by atoms with Crippen LogP contribution < -0.4 is 5.32 Å². The van der Waals surface area contributed by atoms with Gasteiger partial charge in [-0.25, -0.2) is 0 Å². The molecule has 3 heteroatoms. The van der Waals surface area contributed by atoms with E-state index in [0.29, 0.717) is 6.42 Å². The second-order valence-electron chi connectivity index (χ2n) is 4.58. The first-order valence-corrected chi connectivity index (χ1v) is 7.61. The van der Waals surface area contributed by atoms with E-state index in [1.54, 1.807) is 0 Å². The van der Waals surface area contributed by atoms with Crippen molar-refractivity contribution in [3.05, 3.63) is 0 Å². The van der Waals surface area contributed by atoms with Crippen molar-refractivity contribution < 1.29 is 9.90 Å². The van der Waals surface area contributed by atoms with E-state index < -0.39 is 5.97 Å². The summed E-state index contributed by atoms with van der Waals surface area (Å²) in [5.74, 6) is -0.661. The minimum atomic E-state index is -0.661. The number of carboxylic acids is 1. The summed E-state index contributed by atoms with van der Waals surface area (Å²) in [6.07, 6.45) is 10.1. The number of aliphatic carboxylic acids is 1. The lowest BCUT2D eigenvalue weighted by molar-refractivity contribution is -0.137. The lowest BCUT2D eigenvalue weighted by Gasteiger charge is -1.99. The fourth-order valence-corrected chi connectivity index (χ4v) is 1.66. The molecule has 3 nitrogen and oxygen atoms in total. The zero-order valence-corrected chi connectivity index (χ0v) is 12.6. The van der Waals surface area contributed by atoms with Crippen LogP contribution in [-0.4, -0.2) is 24.2 Å². The molecular formula is C15H33NO2. The molecule has 2 N–H and O–H groups in total. The molecule has 0 aromatic heterocycles. The standard InChI is InChI=1S/C11H22O2.C4H11N/c1-2-3-4-5-6-7-8-9-10-11(12)13;1-3-5-4-2/h2-10H2,1H3,(H,12,13);5H,3-4H2,1-2H3. The second kappa shape index (κ2) is 18.8. The first-order chi connectivity index (χ1) is 8.68. The molecule has 0 heterocycles. The zero-order valence-electron chi connectivity index (χ0n) is 12.6. The molecule has 18 heavy (non-hydrogen) atoms. The molecule has 0 bridgehead atoms. The first kappa shape index (κ1) is 19.8. The number of nitrogens with one attached hydrogen (secondary N) is 1. The van der Waals surface area contributed by atoms with Crippen molar-refractivity contribution in [3.63, 3.8) is 0 Å². The monoisotopic (exact) mass is 259 g/mol. The predicted molar refractivity (Wildman–Crippen MR) is 79.1 cm³/mol. The number of rotatable bonds is 11. The Morgan fingerprint density at radius 2 is 1.28 bits per heavy atom. The summed E-state index contributed by atoms with van der Waals surface area (Å²) in [5, 5.41) is 11.5. The summed E-state index contributed by atoms with van der Waals surface area (Å²) in [4.78, 5) is 10.2. The summed E-state index contributed by atoms with van der Waals surface area (Å²) in [6, 6.07) is 0. The van der Waals surface area contributed by atoms with Crippen LogP contribution in [0.1, 0.15) is 78.6 Å². The number of unbranched alkanes of at least 4 members (excludes halogenated alkanes) is 7. The number of carboxylic acid groups (broad SMARTS) is 1. The van der Waals surface area contributed by atoms with Crippen molar-refractivity contribution in [1.29, 1.82) is 0 Å². The smallest absolute Gasteiger partial charge is 0.303 e. The average Bonchev–Trinajstić information content (AvgIpc) is 2.34. The van der Waals surface area contributed by atoms with Crippen LogP contribution in [-0.2, 0) is 4.79 Å². The van der Waals surface area contributed by atoms with E-state index in [1.165, 1.54) is 38.5 Å². The summed E-state index contributed by atoms with van der Waals surface area (Å²) >= 11 is 0. The molecule has 0 radical (unpaired) electrons. The van der Waals surface area contributed by atoms with E-state index in [2.05, 4.69) is 26.1 Å². The minimum absolute atomic E-state index is 0.342. The molecule has 0 rings (SSSR count). The third-order valence-corrected chi connectivity index (χ3v) is 2.74. The fraction of sp³-hybridized carbons (Fsp3) is 0.933. The average molecular weight is 259 g/mol. The Balaban J connectivity index is 0. The van der Waals surface area contributed by atoms with Gasteiger partial charge in [0, 0.05) is 6.42 Å². The molecule has 0 aliphatic carbocycles. The molecule has 0 saturated carbocycles. The maximum absolute atomic E-state index is 10.2. The Labute approximate surface area is 113 Å². The Bertz CT molecular complexity index is 159. The summed E-state index contributed by atoms with van der Waals surface area (Å²) in [5.41, 5.74) is 0. The third-order valence-electron chi connectivity index (χ3n) is 2.74. The van der Waals surface area contributed by atoms with Crippen LogP contribution in [0.3, 0.4) is 0 Å². The zero-order chi connectivity index (χ0) is 14.1. The molecule has 0 aliphatic heterocycles. The van der Waals surface area contributed by atoms with E-state index in [9.17, 15) is 4.79 Å². The van der Waals surface area contributed by atoms with E-state index in [0.717, 1.165) is 25.9 Å². The van der Waals surface area contributed by atoms with Crippen LogP contribution >= 0.6 is 0 Å². The third kappa shape index (κ3) is 24.6. The molecule has 0 amide bonds. The molecule has 0 aromatic rings. The van der Waals surface area contributed by atoms with Crippen molar-refractivity contribution in [3.8, 4) is 0 Å². The molecule has 0 saturated heterocycles. The molecular weight excluding hydrogens is 226 g/mol. The molecule has 0 spiro atoms. The lowest BCUT2D eigenvalue weighted by atomic mass is 10.1. The van der Waals surface area contributed by atoms with Gasteiger partial charge in [0.1, 0.15) is 0 Å². The predicted octanol–water partition coefficient (Wildman–Crippen LogP) is 4.22. The van der Waals surface area contributed by atoms with E-state index in [1.807, 2.05) is 0 Å². The molecule has 0 atom stereocenters. The van der Waals surface area contributed by atoms with Crippen molar-refractivity contribution >= 4 is 5.97 Å². The topological polar surface area (TPSA) is 49.3 Å². The number of carbonyl (C=O) groups is 1. The van der Waals surface area contributed by atoms with Crippen molar-refractivity contribution in [2.24, 2.45) is 0 Å². The van der Waals surface area contributed by atoms with Gasteiger partial charge in [0.25, 0.3) is 0 Å². The maximum atomic E-state index is 10.2. The van der Waals surface area contributed by atoms with Gasteiger partial charge in [0.05, 0.1) is 0 Å². The molecule has 0 unspecified atom stereocenters. The van der Waals surface area contributed by atoms with Crippen LogP contribution in [0.5, 0.6) is 0 Å². The van der Waals surface area contributed by atoms with Gasteiger partial charge < -0.3 is 10.4 Å². The van der Waals surface area contributed by atoms with Crippen LogP contribution in [0.25, 0.3) is 0 Å². The highest BCUT2D eigenvalue weighted by Crippen LogP contribution is 2.09. The van der Waals surface area contributed by atoms with Gasteiger partial charge >= 0.3 is 5.97 Å². The Hall–Kier alpha value is -0.570. The Morgan fingerprint density at radius 3 is 1.61 bits per heavy atom. The molecule has 0 fully saturated rings. The highest BCUT2D eigenvalue weighted by atomic mass is 16.4. The van der Waals surface area contributed by atoms with E-state index in [-0.39, 0.29) is 0 Å². The van der Waals surface area contributed by atoms with Gasteiger partial charge in [-0.1, -0.05) is 65.7 Å². The van der Waals surface area contributed by atoms with E-state index in [4.69, 9.17) is 5.11 Å². The molecule has 0 aromatic carbocycles. The Kier molecular flexibility index (Phi) is 20.6. The lowest BCUT2D eigenvalue weighted by Crippen LogP contribution is -2.09. The summed E-state index contributed by atoms with van der Waals surface area (Å²) in [7, 11) is 0. The summed E-state index contributed by atoms with van der Waals surface area (Å²) < 4.78 is 0. The van der Waals surface area contributed by atoms with Crippen LogP contribution in [0, 0.1) is 0 Å². The SMILES string of the molecule is CCCCCCCCCCC(=O)O.CCNCC. The number of hydrogen-bond donors (Lipinski definition) is 2. The van der Waals surface area contributed by atoms with Gasteiger partial charge in [-0.2, -0.15) is 0 Å². The largest absolute Gasteiger partial charge is 0.481 e. The number of hydrogen-bond acceptors (Lipinski definition) is 2. The quantitative estimate of drug-likeness (QED) is 0.546. The van der Waals surface area contributed by atoms with Gasteiger partial charge in [0.2, 0.25) is 0 Å². The first-order valence-electron chi connectivity index (χ1n) is 7.61. The van der Waals surface area contributed by atoms with E-state index >= 15 is 0 Å². The van der Waals surface area contributed by atoms with Crippen LogP contribution in [0.2, 0.25) is 0 Å². The normalized spacial score (nSPS) is 9.72. The highest BCUT2D eigenvalue weighted by molar-refractivity contribution is 5.66. The fourth-order valence-electron chi connectivity index (χ4n) is 1.66. The van der Waals surface area contributed by atoms with Gasteiger partial charge in [0.15, 0.2) is 0 Å². The highest BCUT2D eigenvalue weighted by Gasteiger charge is 1.95. The van der Waals surface area contributed by atoms with Crippen LogP contribution in [0.4, 0.5) is 0 Å². The Morgan fingerprint density at radius 1 is 0.833 bits per heavy atom. The minimum Gasteiger partial charge on any atom is -0.481 e. The van der Waals surface area contributed by atoms with Crippen LogP contribution in [0.15, 0.2) is 0 Å². The van der Waals surface area contributed by atoms with Crippen molar-refractivity contribution in [1.82, 2.24) is 5.32 Å².